The first-order valence-electron chi connectivity index (χ1n) is 5.50. The smallest absolute Gasteiger partial charge is 0.115 e. The van der Waals surface area contributed by atoms with Crippen LogP contribution in [0.4, 0.5) is 0 Å². The largest absolute Gasteiger partial charge is 0.508 e. The number of piperidine rings is 1. The van der Waals surface area contributed by atoms with Crippen molar-refractivity contribution in [1.82, 2.24) is 4.90 Å². The van der Waals surface area contributed by atoms with Crippen LogP contribution in [0.25, 0.3) is 0 Å². The molecule has 0 amide bonds. The van der Waals surface area contributed by atoms with Gasteiger partial charge in [-0.3, -0.25) is 4.90 Å². The summed E-state index contributed by atoms with van der Waals surface area (Å²) in [5, 5.41) is 9.17. The lowest BCUT2D eigenvalue weighted by atomic mass is 10.1. The average Bonchev–Trinajstić information content (AvgIpc) is 2.22. The summed E-state index contributed by atoms with van der Waals surface area (Å²) in [5.41, 5.74) is 7.16. The molecule has 0 unspecified atom stereocenters. The highest BCUT2D eigenvalue weighted by Crippen LogP contribution is 2.14. The van der Waals surface area contributed by atoms with Crippen molar-refractivity contribution < 1.29 is 5.11 Å². The van der Waals surface area contributed by atoms with E-state index in [4.69, 9.17) is 5.73 Å². The minimum atomic E-state index is 0.328. The van der Waals surface area contributed by atoms with Crippen molar-refractivity contribution in [2.45, 2.75) is 25.4 Å². The van der Waals surface area contributed by atoms with Crippen LogP contribution in [0.5, 0.6) is 5.75 Å². The molecular formula is C12H18N2O. The third kappa shape index (κ3) is 2.94. The van der Waals surface area contributed by atoms with E-state index < -0.39 is 0 Å². The maximum atomic E-state index is 9.17. The van der Waals surface area contributed by atoms with Crippen molar-refractivity contribution in [2.75, 3.05) is 13.1 Å². The Kier molecular flexibility index (Phi) is 3.23. The summed E-state index contributed by atoms with van der Waals surface area (Å²) < 4.78 is 0. The van der Waals surface area contributed by atoms with Gasteiger partial charge < -0.3 is 10.8 Å². The van der Waals surface area contributed by atoms with Gasteiger partial charge in [0, 0.05) is 19.1 Å². The highest BCUT2D eigenvalue weighted by Gasteiger charge is 2.16. The fourth-order valence-corrected chi connectivity index (χ4v) is 2.09. The quantitative estimate of drug-likeness (QED) is 0.767. The SMILES string of the molecule is N[C@@H]1CCCN(Cc2ccc(O)cc2)C1. The zero-order valence-electron chi connectivity index (χ0n) is 8.89. The molecule has 15 heavy (non-hydrogen) atoms. The molecule has 1 aromatic carbocycles. The molecular weight excluding hydrogens is 188 g/mol. The Bertz CT molecular complexity index is 310. The van der Waals surface area contributed by atoms with Crippen LogP contribution in [0.1, 0.15) is 18.4 Å². The molecule has 1 heterocycles. The van der Waals surface area contributed by atoms with Gasteiger partial charge in [-0.2, -0.15) is 0 Å². The molecule has 0 radical (unpaired) electrons. The first-order chi connectivity index (χ1) is 7.24. The van der Waals surface area contributed by atoms with E-state index in [0.29, 0.717) is 11.8 Å². The van der Waals surface area contributed by atoms with Crippen LogP contribution in [-0.4, -0.2) is 29.1 Å². The molecule has 2 rings (SSSR count). The summed E-state index contributed by atoms with van der Waals surface area (Å²) in [6, 6.07) is 7.74. The number of nitrogens with two attached hydrogens (primary N) is 1. The minimum Gasteiger partial charge on any atom is -0.508 e. The van der Waals surface area contributed by atoms with Crippen LogP contribution in [0.15, 0.2) is 24.3 Å². The van der Waals surface area contributed by atoms with Crippen LogP contribution in [0, 0.1) is 0 Å². The van der Waals surface area contributed by atoms with Gasteiger partial charge in [0.1, 0.15) is 5.75 Å². The van der Waals surface area contributed by atoms with Gasteiger partial charge in [0.05, 0.1) is 0 Å². The molecule has 1 aliphatic heterocycles. The summed E-state index contributed by atoms with van der Waals surface area (Å²) in [4.78, 5) is 2.38. The van der Waals surface area contributed by atoms with Crippen molar-refractivity contribution in [2.24, 2.45) is 5.73 Å². The maximum Gasteiger partial charge on any atom is 0.115 e. The summed E-state index contributed by atoms with van der Waals surface area (Å²) in [6.45, 7) is 3.06. The lowest BCUT2D eigenvalue weighted by Gasteiger charge is -2.30. The second-order valence-corrected chi connectivity index (χ2v) is 4.30. The Hall–Kier alpha value is -1.06. The summed E-state index contributed by atoms with van der Waals surface area (Å²) in [5.74, 6) is 0.328. The molecule has 1 fully saturated rings. The van der Waals surface area contributed by atoms with Crippen LogP contribution >= 0.6 is 0 Å². The molecule has 0 saturated carbocycles. The molecule has 1 atom stereocenters. The molecule has 3 nitrogen and oxygen atoms in total. The van der Waals surface area contributed by atoms with Gasteiger partial charge in [-0.1, -0.05) is 12.1 Å². The van der Waals surface area contributed by atoms with Gasteiger partial charge in [-0.05, 0) is 37.1 Å². The van der Waals surface area contributed by atoms with E-state index in [2.05, 4.69) is 4.90 Å². The highest BCUT2D eigenvalue weighted by atomic mass is 16.3. The van der Waals surface area contributed by atoms with E-state index in [0.717, 1.165) is 26.1 Å². The molecule has 1 aromatic rings. The van der Waals surface area contributed by atoms with Crippen molar-refractivity contribution in [3.63, 3.8) is 0 Å². The third-order valence-corrected chi connectivity index (χ3v) is 2.88. The lowest BCUT2D eigenvalue weighted by molar-refractivity contribution is 0.201. The highest BCUT2D eigenvalue weighted by molar-refractivity contribution is 5.25. The average molecular weight is 206 g/mol. The van der Waals surface area contributed by atoms with Gasteiger partial charge in [0.15, 0.2) is 0 Å². The zero-order chi connectivity index (χ0) is 10.7. The molecule has 0 spiro atoms. The van der Waals surface area contributed by atoms with Gasteiger partial charge in [0.2, 0.25) is 0 Å². The third-order valence-electron chi connectivity index (χ3n) is 2.88. The Balaban J connectivity index is 1.93. The maximum absolute atomic E-state index is 9.17. The molecule has 1 saturated heterocycles. The minimum absolute atomic E-state index is 0.328. The van der Waals surface area contributed by atoms with Crippen LogP contribution in [0.3, 0.4) is 0 Å². The molecule has 0 bridgehead atoms. The van der Waals surface area contributed by atoms with Crippen LogP contribution in [0.2, 0.25) is 0 Å². The summed E-state index contributed by atoms with van der Waals surface area (Å²) in [7, 11) is 0. The van der Waals surface area contributed by atoms with E-state index in [1.54, 1.807) is 12.1 Å². The number of likely N-dealkylation sites (tertiary alicyclic amines) is 1. The number of hydrogen-bond donors (Lipinski definition) is 2. The standard InChI is InChI=1S/C12H18N2O/c13-11-2-1-7-14(9-11)8-10-3-5-12(15)6-4-10/h3-6,11,15H,1-2,7-9,13H2/t11-/m1/s1. The predicted molar refractivity (Wildman–Crippen MR) is 60.6 cm³/mol. The van der Waals surface area contributed by atoms with E-state index in [1.807, 2.05) is 12.1 Å². The van der Waals surface area contributed by atoms with Crippen LogP contribution in [-0.2, 0) is 6.54 Å². The number of phenolic OH excluding ortho intramolecular Hbond substituents is 1. The zero-order valence-corrected chi connectivity index (χ0v) is 8.89. The lowest BCUT2D eigenvalue weighted by Crippen LogP contribution is -2.42. The summed E-state index contributed by atoms with van der Waals surface area (Å²) >= 11 is 0. The second-order valence-electron chi connectivity index (χ2n) is 4.30. The van der Waals surface area contributed by atoms with Crippen molar-refractivity contribution in [3.8, 4) is 5.75 Å². The Labute approximate surface area is 90.5 Å². The number of aromatic hydroxyl groups is 1. The Morgan fingerprint density at radius 3 is 2.73 bits per heavy atom. The fourth-order valence-electron chi connectivity index (χ4n) is 2.09. The van der Waals surface area contributed by atoms with Crippen molar-refractivity contribution >= 4 is 0 Å². The Morgan fingerprint density at radius 1 is 1.33 bits per heavy atom. The first-order valence-corrected chi connectivity index (χ1v) is 5.50. The molecule has 0 aliphatic carbocycles. The molecule has 1 aliphatic rings. The number of phenols is 1. The van der Waals surface area contributed by atoms with Gasteiger partial charge in [-0.15, -0.1) is 0 Å². The Morgan fingerprint density at radius 2 is 2.07 bits per heavy atom. The monoisotopic (exact) mass is 206 g/mol. The first kappa shape index (κ1) is 10.5. The molecule has 3 heteroatoms. The number of nitrogens with zero attached hydrogens (tertiary/aromatic N) is 1. The molecule has 82 valence electrons. The van der Waals surface area contributed by atoms with E-state index in [-0.39, 0.29) is 0 Å². The topological polar surface area (TPSA) is 49.5 Å². The normalized spacial score (nSPS) is 22.9. The number of rotatable bonds is 2. The van der Waals surface area contributed by atoms with Crippen molar-refractivity contribution in [3.05, 3.63) is 29.8 Å². The van der Waals surface area contributed by atoms with E-state index >= 15 is 0 Å². The predicted octanol–water partition coefficient (Wildman–Crippen LogP) is 1.32. The van der Waals surface area contributed by atoms with E-state index in [9.17, 15) is 5.11 Å². The van der Waals surface area contributed by atoms with E-state index in [1.165, 1.54) is 12.0 Å². The molecule has 0 aromatic heterocycles. The number of benzene rings is 1. The number of hydrogen-bond acceptors (Lipinski definition) is 3. The van der Waals surface area contributed by atoms with Gasteiger partial charge in [0.25, 0.3) is 0 Å². The summed E-state index contributed by atoms with van der Waals surface area (Å²) in [6.07, 6.45) is 2.34. The van der Waals surface area contributed by atoms with Gasteiger partial charge >= 0.3 is 0 Å². The van der Waals surface area contributed by atoms with Crippen LogP contribution < -0.4 is 5.73 Å². The van der Waals surface area contributed by atoms with Crippen molar-refractivity contribution in [1.29, 1.82) is 0 Å². The van der Waals surface area contributed by atoms with Gasteiger partial charge in [-0.25, -0.2) is 0 Å². The molecule has 3 N–H and O–H groups in total. The second kappa shape index (κ2) is 4.64. The fraction of sp³-hybridized carbons (Fsp3) is 0.500.